The zero-order valence-corrected chi connectivity index (χ0v) is 11.7. The molecule has 20 heavy (non-hydrogen) atoms. The highest BCUT2D eigenvalue weighted by molar-refractivity contribution is 5.90. The van der Waals surface area contributed by atoms with Crippen LogP contribution in [0.25, 0.3) is 0 Å². The number of rotatable bonds is 5. The number of hydrogen-bond donors (Lipinski definition) is 1. The molecular weight excluding hydrogens is 256 g/mol. The van der Waals surface area contributed by atoms with Crippen LogP contribution in [-0.4, -0.2) is 43.0 Å². The molecule has 1 N–H and O–H groups in total. The second-order valence-electron chi connectivity index (χ2n) is 4.74. The van der Waals surface area contributed by atoms with E-state index in [0.29, 0.717) is 18.7 Å². The second kappa shape index (κ2) is 6.93. The molecule has 0 saturated carbocycles. The lowest BCUT2D eigenvalue weighted by Crippen LogP contribution is -2.32. The van der Waals surface area contributed by atoms with Crippen molar-refractivity contribution in [1.82, 2.24) is 4.90 Å². The molecule has 0 spiro atoms. The third kappa shape index (κ3) is 3.73. The number of esters is 1. The summed E-state index contributed by atoms with van der Waals surface area (Å²) in [5.74, 6) is -0.204. The molecule has 0 radical (unpaired) electrons. The average molecular weight is 276 g/mol. The summed E-state index contributed by atoms with van der Waals surface area (Å²) in [5, 5.41) is 3.08. The summed E-state index contributed by atoms with van der Waals surface area (Å²) in [4.78, 5) is 25.2. The molecular formula is C15H20N2O3. The summed E-state index contributed by atoms with van der Waals surface area (Å²) in [6, 6.07) is 6.95. The minimum Gasteiger partial charge on any atom is -0.462 e. The molecule has 0 aromatic heterocycles. The molecule has 108 valence electrons. The highest BCUT2D eigenvalue weighted by Gasteiger charge is 2.17. The molecule has 0 bridgehead atoms. The zero-order valence-electron chi connectivity index (χ0n) is 11.7. The van der Waals surface area contributed by atoms with Gasteiger partial charge in [-0.25, -0.2) is 4.79 Å². The van der Waals surface area contributed by atoms with Crippen LogP contribution in [0.3, 0.4) is 0 Å². The minimum atomic E-state index is -0.327. The molecule has 5 heteroatoms. The Labute approximate surface area is 118 Å². The first-order chi connectivity index (χ1) is 9.70. The van der Waals surface area contributed by atoms with Gasteiger partial charge >= 0.3 is 5.97 Å². The van der Waals surface area contributed by atoms with Gasteiger partial charge in [-0.15, -0.1) is 0 Å². The predicted molar refractivity (Wildman–Crippen MR) is 76.7 cm³/mol. The fraction of sp³-hybridized carbons (Fsp3) is 0.467. The highest BCUT2D eigenvalue weighted by Crippen LogP contribution is 2.12. The Balaban J connectivity index is 1.84. The molecule has 1 aromatic rings. The lowest BCUT2D eigenvalue weighted by molar-refractivity contribution is -0.128. The van der Waals surface area contributed by atoms with Gasteiger partial charge in [0.2, 0.25) is 5.91 Å². The van der Waals surface area contributed by atoms with E-state index in [1.165, 1.54) is 0 Å². The van der Waals surface area contributed by atoms with Gasteiger partial charge in [-0.05, 0) is 44.0 Å². The Morgan fingerprint density at radius 2 is 1.85 bits per heavy atom. The van der Waals surface area contributed by atoms with Crippen LogP contribution in [0.5, 0.6) is 0 Å². The number of benzene rings is 1. The molecule has 1 aliphatic rings. The Morgan fingerprint density at radius 1 is 1.20 bits per heavy atom. The van der Waals surface area contributed by atoms with Gasteiger partial charge in [0, 0.05) is 18.8 Å². The smallest absolute Gasteiger partial charge is 0.338 e. The van der Waals surface area contributed by atoms with Crippen LogP contribution in [0.1, 0.15) is 30.1 Å². The summed E-state index contributed by atoms with van der Waals surface area (Å²) < 4.78 is 4.91. The van der Waals surface area contributed by atoms with Gasteiger partial charge in [-0.2, -0.15) is 0 Å². The molecule has 1 aromatic carbocycles. The molecule has 1 aliphatic heterocycles. The molecule has 5 nitrogen and oxygen atoms in total. The number of ether oxygens (including phenoxy) is 1. The van der Waals surface area contributed by atoms with Crippen LogP contribution in [0.4, 0.5) is 5.69 Å². The Morgan fingerprint density at radius 3 is 2.45 bits per heavy atom. The molecule has 0 atom stereocenters. The number of anilines is 1. The van der Waals surface area contributed by atoms with Crippen molar-refractivity contribution in [2.45, 2.75) is 19.8 Å². The van der Waals surface area contributed by atoms with Crippen LogP contribution in [0.15, 0.2) is 24.3 Å². The molecule has 0 aliphatic carbocycles. The number of nitrogens with zero attached hydrogens (tertiary/aromatic N) is 1. The number of carbonyl (C=O) groups is 2. The van der Waals surface area contributed by atoms with Gasteiger partial charge in [0.1, 0.15) is 0 Å². The summed E-state index contributed by atoms with van der Waals surface area (Å²) in [6.45, 7) is 4.16. The highest BCUT2D eigenvalue weighted by atomic mass is 16.5. The zero-order chi connectivity index (χ0) is 14.4. The van der Waals surface area contributed by atoms with Crippen molar-refractivity contribution in [3.8, 4) is 0 Å². The van der Waals surface area contributed by atoms with Crippen molar-refractivity contribution >= 4 is 17.6 Å². The summed E-state index contributed by atoms with van der Waals surface area (Å²) in [5.41, 5.74) is 1.34. The van der Waals surface area contributed by atoms with Crippen LogP contribution in [0, 0.1) is 0 Å². The maximum atomic E-state index is 11.9. The van der Waals surface area contributed by atoms with E-state index in [1.807, 2.05) is 4.90 Å². The predicted octanol–water partition coefficient (Wildman–Crippen LogP) is 1.90. The summed E-state index contributed by atoms with van der Waals surface area (Å²) in [7, 11) is 0. The van der Waals surface area contributed by atoms with Gasteiger partial charge < -0.3 is 15.0 Å². The molecule has 1 fully saturated rings. The van der Waals surface area contributed by atoms with Gasteiger partial charge in [0.15, 0.2) is 0 Å². The average Bonchev–Trinajstić information content (AvgIpc) is 3.00. The monoisotopic (exact) mass is 276 g/mol. The fourth-order valence-corrected chi connectivity index (χ4v) is 2.19. The SMILES string of the molecule is CCOC(=O)c1ccc(NCC(=O)N2CCCC2)cc1. The van der Waals surface area contributed by atoms with Crippen molar-refractivity contribution in [1.29, 1.82) is 0 Å². The third-order valence-corrected chi connectivity index (χ3v) is 3.30. The van der Waals surface area contributed by atoms with Crippen LogP contribution < -0.4 is 5.32 Å². The maximum absolute atomic E-state index is 11.9. The second-order valence-corrected chi connectivity index (χ2v) is 4.74. The van der Waals surface area contributed by atoms with E-state index >= 15 is 0 Å². The molecule has 1 saturated heterocycles. The van der Waals surface area contributed by atoms with Gasteiger partial charge in [-0.1, -0.05) is 0 Å². The summed E-state index contributed by atoms with van der Waals surface area (Å²) in [6.07, 6.45) is 2.19. The number of carbonyl (C=O) groups excluding carboxylic acids is 2. The first-order valence-corrected chi connectivity index (χ1v) is 6.99. The molecule has 1 heterocycles. The van der Waals surface area contributed by atoms with Crippen LogP contribution in [-0.2, 0) is 9.53 Å². The van der Waals surface area contributed by atoms with E-state index in [-0.39, 0.29) is 11.9 Å². The van der Waals surface area contributed by atoms with E-state index < -0.39 is 0 Å². The third-order valence-electron chi connectivity index (χ3n) is 3.30. The maximum Gasteiger partial charge on any atom is 0.338 e. The normalized spacial score (nSPS) is 14.2. The first kappa shape index (κ1) is 14.4. The van der Waals surface area contributed by atoms with Gasteiger partial charge in [-0.3, -0.25) is 4.79 Å². The lowest BCUT2D eigenvalue weighted by atomic mass is 10.2. The van der Waals surface area contributed by atoms with E-state index in [2.05, 4.69) is 5.32 Å². The van der Waals surface area contributed by atoms with Crippen LogP contribution >= 0.6 is 0 Å². The first-order valence-electron chi connectivity index (χ1n) is 6.99. The number of nitrogens with one attached hydrogen (secondary N) is 1. The van der Waals surface area contributed by atoms with Crippen molar-refractivity contribution < 1.29 is 14.3 Å². The lowest BCUT2D eigenvalue weighted by Gasteiger charge is -2.16. The van der Waals surface area contributed by atoms with E-state index in [9.17, 15) is 9.59 Å². The van der Waals surface area contributed by atoms with E-state index in [1.54, 1.807) is 31.2 Å². The molecule has 1 amide bonds. The largest absolute Gasteiger partial charge is 0.462 e. The van der Waals surface area contributed by atoms with Gasteiger partial charge in [0.05, 0.1) is 18.7 Å². The Bertz CT molecular complexity index is 465. The fourth-order valence-electron chi connectivity index (χ4n) is 2.19. The van der Waals surface area contributed by atoms with E-state index in [4.69, 9.17) is 4.74 Å². The van der Waals surface area contributed by atoms with E-state index in [0.717, 1.165) is 31.6 Å². The number of hydrogen-bond acceptors (Lipinski definition) is 4. The van der Waals surface area contributed by atoms with Gasteiger partial charge in [0.25, 0.3) is 0 Å². The molecule has 2 rings (SSSR count). The van der Waals surface area contributed by atoms with Crippen LogP contribution in [0.2, 0.25) is 0 Å². The van der Waals surface area contributed by atoms with Crippen molar-refractivity contribution in [3.05, 3.63) is 29.8 Å². The summed E-state index contributed by atoms with van der Waals surface area (Å²) >= 11 is 0. The number of amides is 1. The van der Waals surface area contributed by atoms with Crippen molar-refractivity contribution in [2.24, 2.45) is 0 Å². The minimum absolute atomic E-state index is 0.122. The number of likely N-dealkylation sites (tertiary alicyclic amines) is 1. The standard InChI is InChI=1S/C15H20N2O3/c1-2-20-15(19)12-5-7-13(8-6-12)16-11-14(18)17-9-3-4-10-17/h5-8,16H,2-4,9-11H2,1H3. The van der Waals surface area contributed by atoms with Crippen molar-refractivity contribution in [2.75, 3.05) is 31.6 Å². The van der Waals surface area contributed by atoms with Crippen molar-refractivity contribution in [3.63, 3.8) is 0 Å². The Hall–Kier alpha value is -2.04. The quantitative estimate of drug-likeness (QED) is 0.834. The molecule has 0 unspecified atom stereocenters. The topological polar surface area (TPSA) is 58.6 Å². The Kier molecular flexibility index (Phi) is 4.98.